The Morgan fingerprint density at radius 1 is 1.26 bits per heavy atom. The first-order valence-corrected chi connectivity index (χ1v) is 9.72. The fourth-order valence-corrected chi connectivity index (χ4v) is 2.97. The van der Waals surface area contributed by atoms with E-state index in [2.05, 4.69) is 15.5 Å². The molecule has 1 aliphatic heterocycles. The summed E-state index contributed by atoms with van der Waals surface area (Å²) in [6.07, 6.45) is 4.64. The van der Waals surface area contributed by atoms with Crippen LogP contribution in [0.4, 0.5) is 4.79 Å². The van der Waals surface area contributed by atoms with E-state index in [9.17, 15) is 4.79 Å². The molecule has 2 heterocycles. The van der Waals surface area contributed by atoms with E-state index in [-0.39, 0.29) is 18.2 Å². The van der Waals surface area contributed by atoms with E-state index >= 15 is 0 Å². The number of hydrogen-bond donors (Lipinski definition) is 1. The molecule has 9 nitrogen and oxygen atoms in total. The van der Waals surface area contributed by atoms with Crippen molar-refractivity contribution in [3.63, 3.8) is 0 Å². The number of nitrogens with zero attached hydrogens (tertiary/aromatic N) is 3. The van der Waals surface area contributed by atoms with Crippen LogP contribution in [0.3, 0.4) is 0 Å². The van der Waals surface area contributed by atoms with Crippen molar-refractivity contribution >= 4 is 6.03 Å². The summed E-state index contributed by atoms with van der Waals surface area (Å²) in [4.78, 5) is 18.2. The van der Waals surface area contributed by atoms with Crippen molar-refractivity contribution in [2.24, 2.45) is 0 Å². The predicted molar refractivity (Wildman–Crippen MR) is 96.5 cm³/mol. The number of urea groups is 1. The van der Waals surface area contributed by atoms with Gasteiger partial charge in [0.25, 0.3) is 5.89 Å². The molecule has 27 heavy (non-hydrogen) atoms. The van der Waals surface area contributed by atoms with Crippen LogP contribution in [0.1, 0.15) is 55.8 Å². The molecule has 0 unspecified atom stereocenters. The monoisotopic (exact) mass is 382 g/mol. The molecule has 1 aromatic rings. The van der Waals surface area contributed by atoms with Gasteiger partial charge in [-0.15, -0.1) is 0 Å². The maximum absolute atomic E-state index is 12.1. The number of carbonyl (C=O) groups excluding carboxylic acids is 1. The highest BCUT2D eigenvalue weighted by Gasteiger charge is 2.34. The smallest absolute Gasteiger partial charge is 0.317 e. The fourth-order valence-electron chi connectivity index (χ4n) is 2.97. The van der Waals surface area contributed by atoms with Crippen molar-refractivity contribution in [1.29, 1.82) is 0 Å². The summed E-state index contributed by atoms with van der Waals surface area (Å²) in [5.41, 5.74) is 0. The molecule has 0 radical (unpaired) electrons. The summed E-state index contributed by atoms with van der Waals surface area (Å²) in [5, 5.41) is 6.95. The fraction of sp³-hybridized carbons (Fsp3) is 0.833. The van der Waals surface area contributed by atoms with Crippen LogP contribution >= 0.6 is 0 Å². The minimum atomic E-state index is -0.162. The van der Waals surface area contributed by atoms with Crippen molar-refractivity contribution < 1.29 is 23.5 Å². The molecule has 2 amide bonds. The summed E-state index contributed by atoms with van der Waals surface area (Å²) in [5.74, 6) is 1.84. The van der Waals surface area contributed by atoms with Crippen LogP contribution in [0.5, 0.6) is 0 Å². The predicted octanol–water partition coefficient (Wildman–Crippen LogP) is 1.86. The molecule has 2 fully saturated rings. The SMILES string of the molecule is COCCCOCCN(C)C(=O)NC[C@H]1CC[C@@H](c2nc(C3CC3)no2)O1. The Hall–Kier alpha value is -1.71. The molecule has 1 aliphatic carbocycles. The third kappa shape index (κ3) is 6.15. The van der Waals surface area contributed by atoms with E-state index in [1.165, 1.54) is 0 Å². The molecule has 0 spiro atoms. The number of amides is 2. The van der Waals surface area contributed by atoms with Gasteiger partial charge < -0.3 is 29.0 Å². The zero-order valence-electron chi connectivity index (χ0n) is 16.2. The second kappa shape index (κ2) is 10.0. The molecule has 0 bridgehead atoms. The van der Waals surface area contributed by atoms with E-state index < -0.39 is 0 Å². The maximum Gasteiger partial charge on any atom is 0.317 e. The zero-order chi connectivity index (χ0) is 19.1. The lowest BCUT2D eigenvalue weighted by Gasteiger charge is -2.19. The molecule has 2 atom stereocenters. The van der Waals surface area contributed by atoms with Crippen LogP contribution in [-0.4, -0.2) is 74.2 Å². The van der Waals surface area contributed by atoms with Crippen LogP contribution in [0.15, 0.2) is 4.52 Å². The van der Waals surface area contributed by atoms with E-state index in [1.807, 2.05) is 0 Å². The molecule has 1 N–H and O–H groups in total. The van der Waals surface area contributed by atoms with E-state index in [0.717, 1.165) is 37.9 Å². The maximum atomic E-state index is 12.1. The van der Waals surface area contributed by atoms with Gasteiger partial charge in [0.15, 0.2) is 5.82 Å². The van der Waals surface area contributed by atoms with Crippen LogP contribution in [0.25, 0.3) is 0 Å². The summed E-state index contributed by atoms with van der Waals surface area (Å²) in [6, 6.07) is -0.128. The summed E-state index contributed by atoms with van der Waals surface area (Å²) >= 11 is 0. The minimum absolute atomic E-state index is 0.0334. The lowest BCUT2D eigenvalue weighted by molar-refractivity contribution is 0.0270. The van der Waals surface area contributed by atoms with Gasteiger partial charge >= 0.3 is 6.03 Å². The Kier molecular flexibility index (Phi) is 7.42. The molecular formula is C18H30N4O5. The van der Waals surface area contributed by atoms with Crippen molar-refractivity contribution in [3.05, 3.63) is 11.7 Å². The first kappa shape index (κ1) is 20.0. The first-order valence-electron chi connectivity index (χ1n) is 9.72. The second-order valence-electron chi connectivity index (χ2n) is 7.16. The van der Waals surface area contributed by atoms with Gasteiger partial charge in [0, 0.05) is 46.4 Å². The Bertz CT molecular complexity index is 592. The molecule has 9 heteroatoms. The van der Waals surface area contributed by atoms with Crippen molar-refractivity contribution in [1.82, 2.24) is 20.4 Å². The molecule has 1 saturated heterocycles. The summed E-state index contributed by atoms with van der Waals surface area (Å²) in [6.45, 7) is 2.84. The summed E-state index contributed by atoms with van der Waals surface area (Å²) in [7, 11) is 3.42. The number of ether oxygens (including phenoxy) is 3. The van der Waals surface area contributed by atoms with Crippen molar-refractivity contribution in [2.45, 2.75) is 50.2 Å². The van der Waals surface area contributed by atoms with Crippen LogP contribution in [0, 0.1) is 0 Å². The van der Waals surface area contributed by atoms with Gasteiger partial charge in [-0.25, -0.2) is 4.79 Å². The Labute approximate surface area is 159 Å². The first-order chi connectivity index (χ1) is 13.2. The number of methoxy groups -OCH3 is 1. The van der Waals surface area contributed by atoms with Gasteiger partial charge in [-0.1, -0.05) is 5.16 Å². The van der Waals surface area contributed by atoms with Crippen molar-refractivity contribution in [2.75, 3.05) is 47.1 Å². The largest absolute Gasteiger partial charge is 0.385 e. The molecule has 3 rings (SSSR count). The minimum Gasteiger partial charge on any atom is -0.385 e. The normalized spacial score (nSPS) is 22.1. The average Bonchev–Trinajstić information content (AvgIpc) is 3.21. The Morgan fingerprint density at radius 2 is 2.11 bits per heavy atom. The van der Waals surface area contributed by atoms with E-state index in [4.69, 9.17) is 18.7 Å². The lowest BCUT2D eigenvalue weighted by Crippen LogP contribution is -2.42. The molecular weight excluding hydrogens is 352 g/mol. The number of likely N-dealkylation sites (N-methyl/N-ethyl adjacent to an activating group) is 1. The highest BCUT2D eigenvalue weighted by Crippen LogP contribution is 2.39. The van der Waals surface area contributed by atoms with Crippen molar-refractivity contribution in [3.8, 4) is 0 Å². The molecule has 1 aromatic heterocycles. The van der Waals surface area contributed by atoms with Crippen LogP contribution in [-0.2, 0) is 14.2 Å². The average molecular weight is 382 g/mol. The van der Waals surface area contributed by atoms with Gasteiger partial charge in [-0.2, -0.15) is 4.98 Å². The molecule has 152 valence electrons. The number of nitrogens with one attached hydrogen (secondary N) is 1. The summed E-state index contributed by atoms with van der Waals surface area (Å²) < 4.78 is 21.7. The van der Waals surface area contributed by atoms with Gasteiger partial charge in [-0.05, 0) is 32.1 Å². The van der Waals surface area contributed by atoms with E-state index in [0.29, 0.717) is 44.7 Å². The molecule has 0 aromatic carbocycles. The van der Waals surface area contributed by atoms with Gasteiger partial charge in [0.05, 0.1) is 12.7 Å². The second-order valence-corrected chi connectivity index (χ2v) is 7.16. The topological polar surface area (TPSA) is 99.0 Å². The number of aromatic nitrogens is 2. The number of carbonyl (C=O) groups is 1. The van der Waals surface area contributed by atoms with Gasteiger partial charge in [0.1, 0.15) is 6.10 Å². The van der Waals surface area contributed by atoms with Gasteiger partial charge in [-0.3, -0.25) is 0 Å². The van der Waals surface area contributed by atoms with Crippen LogP contribution in [0.2, 0.25) is 0 Å². The lowest BCUT2D eigenvalue weighted by atomic mass is 10.2. The highest BCUT2D eigenvalue weighted by molar-refractivity contribution is 5.73. The Balaban J connectivity index is 1.29. The van der Waals surface area contributed by atoms with Crippen LogP contribution < -0.4 is 5.32 Å². The van der Waals surface area contributed by atoms with E-state index in [1.54, 1.807) is 19.1 Å². The zero-order valence-corrected chi connectivity index (χ0v) is 16.2. The third-order valence-electron chi connectivity index (χ3n) is 4.82. The van der Waals surface area contributed by atoms with Gasteiger partial charge in [0.2, 0.25) is 0 Å². The number of hydrogen-bond acceptors (Lipinski definition) is 7. The molecule has 2 aliphatic rings. The standard InChI is InChI=1S/C18H30N4O5/c1-22(8-11-25-10-3-9-24-2)18(23)19-12-14-6-7-15(26-14)17-20-16(21-27-17)13-4-5-13/h13-15H,3-12H2,1-2H3,(H,19,23)/t14-,15+/m1/s1. The highest BCUT2D eigenvalue weighted by atomic mass is 16.5. The quantitative estimate of drug-likeness (QED) is 0.583. The number of rotatable bonds is 11. The Morgan fingerprint density at radius 3 is 2.89 bits per heavy atom. The molecule has 1 saturated carbocycles. The third-order valence-corrected chi connectivity index (χ3v) is 4.82.